The molecule has 7 nitrogen and oxygen atoms in total. The summed E-state index contributed by atoms with van der Waals surface area (Å²) in [6, 6.07) is 7.36. The summed E-state index contributed by atoms with van der Waals surface area (Å²) in [7, 11) is 1.60. The highest BCUT2D eigenvalue weighted by Gasteiger charge is 2.12. The molecule has 0 unspecified atom stereocenters. The van der Waals surface area contributed by atoms with Gasteiger partial charge in [0.05, 0.1) is 32.3 Å². The van der Waals surface area contributed by atoms with E-state index in [4.69, 9.17) is 4.74 Å². The molecule has 0 saturated heterocycles. The average Bonchev–Trinajstić information content (AvgIpc) is 2.65. The number of rotatable bonds is 10. The lowest BCUT2D eigenvalue weighted by Gasteiger charge is -2.15. The highest BCUT2D eigenvalue weighted by atomic mass is 16.5. The van der Waals surface area contributed by atoms with Crippen LogP contribution in [0.4, 0.5) is 5.95 Å². The molecular formula is C19H29N4O3+. The third kappa shape index (κ3) is 5.49. The molecule has 0 saturated carbocycles. The number of anilines is 1. The van der Waals surface area contributed by atoms with Crippen LogP contribution in [0.2, 0.25) is 0 Å². The van der Waals surface area contributed by atoms with E-state index in [-0.39, 0.29) is 17.0 Å². The maximum absolute atomic E-state index is 12.3. The first-order valence-corrected chi connectivity index (χ1v) is 9.09. The molecule has 1 aromatic carbocycles. The van der Waals surface area contributed by atoms with Gasteiger partial charge >= 0.3 is 0 Å². The molecule has 0 spiro atoms. The molecule has 2 rings (SSSR count). The Morgan fingerprint density at radius 2 is 1.92 bits per heavy atom. The van der Waals surface area contributed by atoms with E-state index in [0.717, 1.165) is 37.4 Å². The van der Waals surface area contributed by atoms with Crippen LogP contribution in [0.3, 0.4) is 0 Å². The minimum Gasteiger partial charge on any atom is -0.497 e. The number of benzene rings is 1. The summed E-state index contributed by atoms with van der Waals surface area (Å²) in [5, 5.41) is 13.2. The first-order chi connectivity index (χ1) is 12.6. The number of ether oxygens (including phenoxy) is 1. The van der Waals surface area contributed by atoms with Gasteiger partial charge in [-0.2, -0.15) is 4.98 Å². The zero-order chi connectivity index (χ0) is 18.9. The highest BCUT2D eigenvalue weighted by Crippen LogP contribution is 2.18. The second-order valence-electron chi connectivity index (χ2n) is 6.23. The topological polar surface area (TPSA) is 91.7 Å². The molecule has 2 aromatic rings. The number of aromatic hydroxyl groups is 1. The predicted molar refractivity (Wildman–Crippen MR) is 102 cm³/mol. The van der Waals surface area contributed by atoms with E-state index < -0.39 is 0 Å². The van der Waals surface area contributed by atoms with Gasteiger partial charge in [-0.05, 0) is 31.5 Å². The van der Waals surface area contributed by atoms with E-state index in [9.17, 15) is 9.90 Å². The Balaban J connectivity index is 1.97. The third-order valence-electron chi connectivity index (χ3n) is 4.53. The van der Waals surface area contributed by atoms with Crippen LogP contribution in [0.1, 0.15) is 31.4 Å². The molecule has 7 heteroatoms. The molecule has 0 aliphatic heterocycles. The second kappa shape index (κ2) is 9.82. The lowest BCUT2D eigenvalue weighted by atomic mass is 10.1. The van der Waals surface area contributed by atoms with Crippen molar-refractivity contribution in [3.63, 3.8) is 0 Å². The SMILES string of the molecule is CC[NH+](CC)CCCNc1nc(O)c(Cc2ccc(OC)cc2)c(=O)[nH]1. The van der Waals surface area contributed by atoms with Gasteiger partial charge in [-0.1, -0.05) is 12.1 Å². The van der Waals surface area contributed by atoms with E-state index in [1.807, 2.05) is 24.3 Å². The fourth-order valence-electron chi connectivity index (χ4n) is 2.83. The lowest BCUT2D eigenvalue weighted by molar-refractivity contribution is -0.896. The van der Waals surface area contributed by atoms with Gasteiger partial charge in [0, 0.05) is 19.4 Å². The van der Waals surface area contributed by atoms with Crippen molar-refractivity contribution in [1.29, 1.82) is 0 Å². The number of hydrogen-bond acceptors (Lipinski definition) is 5. The van der Waals surface area contributed by atoms with E-state index in [2.05, 4.69) is 29.1 Å². The Labute approximate surface area is 154 Å². The molecule has 0 fully saturated rings. The molecule has 1 heterocycles. The largest absolute Gasteiger partial charge is 0.497 e. The Bertz CT molecular complexity index is 739. The summed E-state index contributed by atoms with van der Waals surface area (Å²) in [5.41, 5.74) is 0.829. The normalized spacial score (nSPS) is 10.9. The number of quaternary nitrogens is 1. The minimum atomic E-state index is -0.329. The van der Waals surface area contributed by atoms with E-state index in [1.165, 1.54) is 4.90 Å². The fourth-order valence-corrected chi connectivity index (χ4v) is 2.83. The predicted octanol–water partition coefficient (Wildman–Crippen LogP) is 0.802. The van der Waals surface area contributed by atoms with Crippen LogP contribution in [0.15, 0.2) is 29.1 Å². The van der Waals surface area contributed by atoms with Crippen LogP contribution in [0.5, 0.6) is 11.6 Å². The molecule has 4 N–H and O–H groups in total. The average molecular weight is 361 g/mol. The van der Waals surface area contributed by atoms with E-state index in [0.29, 0.717) is 18.9 Å². The number of aromatic nitrogens is 2. The van der Waals surface area contributed by atoms with Crippen molar-refractivity contribution in [2.45, 2.75) is 26.7 Å². The number of hydrogen-bond donors (Lipinski definition) is 4. The molecule has 26 heavy (non-hydrogen) atoms. The molecule has 0 bridgehead atoms. The molecular weight excluding hydrogens is 332 g/mol. The Kier molecular flexibility index (Phi) is 7.47. The van der Waals surface area contributed by atoms with Gasteiger partial charge in [-0.15, -0.1) is 0 Å². The quantitative estimate of drug-likeness (QED) is 0.470. The van der Waals surface area contributed by atoms with E-state index in [1.54, 1.807) is 7.11 Å². The second-order valence-corrected chi connectivity index (χ2v) is 6.23. The van der Waals surface area contributed by atoms with Gasteiger partial charge < -0.3 is 20.1 Å². The van der Waals surface area contributed by atoms with Gasteiger partial charge in [0.1, 0.15) is 5.75 Å². The number of methoxy groups -OCH3 is 1. The van der Waals surface area contributed by atoms with Gasteiger partial charge in [0.15, 0.2) is 0 Å². The zero-order valence-electron chi connectivity index (χ0n) is 15.8. The molecule has 0 aliphatic carbocycles. The van der Waals surface area contributed by atoms with Crippen LogP contribution >= 0.6 is 0 Å². The van der Waals surface area contributed by atoms with E-state index >= 15 is 0 Å². The number of nitrogens with zero attached hydrogens (tertiary/aromatic N) is 1. The third-order valence-corrected chi connectivity index (χ3v) is 4.53. The first kappa shape index (κ1) is 19.8. The van der Waals surface area contributed by atoms with Crippen molar-refractivity contribution in [3.05, 3.63) is 45.7 Å². The van der Waals surface area contributed by atoms with Crippen molar-refractivity contribution < 1.29 is 14.7 Å². The van der Waals surface area contributed by atoms with Gasteiger partial charge in [0.25, 0.3) is 5.56 Å². The summed E-state index contributed by atoms with van der Waals surface area (Å²) in [5.74, 6) is 0.818. The molecule has 0 radical (unpaired) electrons. The molecule has 1 aromatic heterocycles. The maximum atomic E-state index is 12.3. The summed E-state index contributed by atoms with van der Waals surface area (Å²) in [6.45, 7) is 8.31. The summed E-state index contributed by atoms with van der Waals surface area (Å²) in [6.07, 6.45) is 1.28. The zero-order valence-corrected chi connectivity index (χ0v) is 15.8. The molecule has 0 aliphatic rings. The summed E-state index contributed by atoms with van der Waals surface area (Å²) >= 11 is 0. The smallest absolute Gasteiger partial charge is 0.259 e. The van der Waals surface area contributed by atoms with Crippen molar-refractivity contribution in [2.75, 3.05) is 38.6 Å². The molecule has 0 amide bonds. The number of aromatic amines is 1. The molecule has 0 atom stereocenters. The van der Waals surface area contributed by atoms with Crippen LogP contribution in [0, 0.1) is 0 Å². The van der Waals surface area contributed by atoms with Crippen molar-refractivity contribution >= 4 is 5.95 Å². The molecule has 142 valence electrons. The van der Waals surface area contributed by atoms with Crippen LogP contribution in [-0.4, -0.2) is 48.4 Å². The number of nitrogens with one attached hydrogen (secondary N) is 3. The Morgan fingerprint density at radius 3 is 2.50 bits per heavy atom. The Hall–Kier alpha value is -2.54. The lowest BCUT2D eigenvalue weighted by Crippen LogP contribution is -3.11. The summed E-state index contributed by atoms with van der Waals surface area (Å²) in [4.78, 5) is 20.6. The standard InChI is InChI=1S/C19H28N4O3/c1-4-23(5-2)12-6-11-20-19-21-17(24)16(18(25)22-19)13-14-7-9-15(26-3)10-8-14/h7-10H,4-6,11-13H2,1-3H3,(H3,20,21,22,24,25)/p+1. The van der Waals surface area contributed by atoms with Crippen LogP contribution < -0.4 is 20.5 Å². The van der Waals surface area contributed by atoms with Gasteiger partial charge in [0.2, 0.25) is 11.8 Å². The highest BCUT2D eigenvalue weighted by molar-refractivity contribution is 5.37. The first-order valence-electron chi connectivity index (χ1n) is 9.09. The van der Waals surface area contributed by atoms with Gasteiger partial charge in [-0.3, -0.25) is 9.78 Å². The van der Waals surface area contributed by atoms with Gasteiger partial charge in [-0.25, -0.2) is 0 Å². The monoisotopic (exact) mass is 361 g/mol. The number of H-pyrrole nitrogens is 1. The minimum absolute atomic E-state index is 0.235. The van der Waals surface area contributed by atoms with Crippen LogP contribution in [0.25, 0.3) is 0 Å². The Morgan fingerprint density at radius 1 is 1.23 bits per heavy atom. The fraction of sp³-hybridized carbons (Fsp3) is 0.474. The van der Waals surface area contributed by atoms with Crippen molar-refractivity contribution in [3.8, 4) is 11.6 Å². The maximum Gasteiger partial charge on any atom is 0.259 e. The van der Waals surface area contributed by atoms with Crippen LogP contribution in [-0.2, 0) is 6.42 Å². The van der Waals surface area contributed by atoms with Crippen molar-refractivity contribution in [1.82, 2.24) is 9.97 Å². The van der Waals surface area contributed by atoms with Crippen molar-refractivity contribution in [2.24, 2.45) is 0 Å². The summed E-state index contributed by atoms with van der Waals surface area (Å²) < 4.78 is 5.12.